The van der Waals surface area contributed by atoms with Gasteiger partial charge in [0.25, 0.3) is 5.91 Å². The maximum Gasteiger partial charge on any atom is 0.258 e. The lowest BCUT2D eigenvalue weighted by Crippen LogP contribution is -2.41. The number of hydrogen-bond donors (Lipinski definition) is 4. The van der Waals surface area contributed by atoms with Crippen LogP contribution in [0.3, 0.4) is 0 Å². The monoisotopic (exact) mass is 493 g/mol. The summed E-state index contributed by atoms with van der Waals surface area (Å²) in [5.74, 6) is -0.696. The smallest absolute Gasteiger partial charge is 0.258 e. The Hall–Kier alpha value is -2.65. The highest BCUT2D eigenvalue weighted by atomic mass is 35.5. The summed E-state index contributed by atoms with van der Waals surface area (Å²) in [6.07, 6.45) is 2.21. The number of rotatable bonds is 5. The van der Waals surface area contributed by atoms with E-state index < -0.39 is 5.82 Å². The average molecular weight is 494 g/mol. The second-order valence-electron chi connectivity index (χ2n) is 7.82. The van der Waals surface area contributed by atoms with Crippen molar-refractivity contribution in [2.24, 2.45) is 5.16 Å². The van der Waals surface area contributed by atoms with E-state index in [1.54, 1.807) is 6.07 Å². The zero-order valence-electron chi connectivity index (χ0n) is 17.8. The number of allylic oxidation sites excluding steroid dienone is 1. The first-order chi connectivity index (χ1) is 15.2. The third-order valence-corrected chi connectivity index (χ3v) is 5.78. The van der Waals surface area contributed by atoms with E-state index in [0.717, 1.165) is 37.2 Å². The van der Waals surface area contributed by atoms with Gasteiger partial charge in [-0.2, -0.15) is 0 Å². The molecule has 3 heterocycles. The van der Waals surface area contributed by atoms with Gasteiger partial charge < -0.3 is 26.1 Å². The van der Waals surface area contributed by atoms with Gasteiger partial charge in [0.2, 0.25) is 0 Å². The molecule has 5 rings (SSSR count). The van der Waals surface area contributed by atoms with Crippen molar-refractivity contribution in [1.82, 2.24) is 10.6 Å². The Bertz CT molecular complexity index is 1090. The summed E-state index contributed by atoms with van der Waals surface area (Å²) in [5, 5.41) is 17.3. The van der Waals surface area contributed by atoms with Crippen LogP contribution >= 0.6 is 24.8 Å². The fourth-order valence-corrected chi connectivity index (χ4v) is 4.24. The molecule has 0 unspecified atom stereocenters. The number of benzene rings is 2. The van der Waals surface area contributed by atoms with Crippen LogP contribution in [0.25, 0.3) is 5.57 Å². The summed E-state index contributed by atoms with van der Waals surface area (Å²) < 4.78 is 13.9. The molecule has 1 saturated heterocycles. The minimum Gasteiger partial charge on any atom is -0.394 e. The average Bonchev–Trinajstić information content (AvgIpc) is 3.30. The molecule has 0 bridgehead atoms. The summed E-state index contributed by atoms with van der Waals surface area (Å²) >= 11 is 0. The first kappa shape index (κ1) is 25.0. The molecule has 0 radical (unpaired) electrons. The molecule has 1 amide bonds. The standard InChI is InChI=1S/C23H24FN5O2.2ClH/c24-14-5-6-19-17(13-14)20(23(30)28-19)22-21(16-3-1-2-4-18(16)27-22)29-31-12-11-26-15-7-9-25-10-8-15;;/h1-6,13,15,25-27H,7-12H2,(H,28,30);2*1H/b22-20-,29-21+;;. The number of halogens is 3. The summed E-state index contributed by atoms with van der Waals surface area (Å²) in [7, 11) is 0. The lowest BCUT2D eigenvalue weighted by atomic mass is 10.0. The number of para-hydroxylation sites is 1. The number of carbonyl (C=O) groups is 1. The van der Waals surface area contributed by atoms with E-state index in [9.17, 15) is 9.18 Å². The van der Waals surface area contributed by atoms with Crippen molar-refractivity contribution in [1.29, 1.82) is 0 Å². The summed E-state index contributed by atoms with van der Waals surface area (Å²) in [5.41, 5.74) is 4.19. The maximum atomic E-state index is 13.9. The molecule has 1 fully saturated rings. The van der Waals surface area contributed by atoms with Gasteiger partial charge in [-0.1, -0.05) is 23.4 Å². The topological polar surface area (TPSA) is 86.8 Å². The van der Waals surface area contributed by atoms with Crippen LogP contribution in [0.4, 0.5) is 15.8 Å². The van der Waals surface area contributed by atoms with E-state index >= 15 is 0 Å². The van der Waals surface area contributed by atoms with Crippen molar-refractivity contribution in [2.45, 2.75) is 18.9 Å². The molecule has 0 saturated carbocycles. The molecule has 0 spiro atoms. The Morgan fingerprint density at radius 3 is 2.61 bits per heavy atom. The van der Waals surface area contributed by atoms with Gasteiger partial charge in [-0.05, 0) is 50.2 Å². The first-order valence-electron chi connectivity index (χ1n) is 10.6. The lowest BCUT2D eigenvalue weighted by Gasteiger charge is -2.23. The maximum absolute atomic E-state index is 13.9. The SMILES string of the molecule is Cl.Cl.O=C1Nc2ccc(F)cc2/C1=C1/Nc2ccccc2/C1=N\OCCNC1CCNCC1. The van der Waals surface area contributed by atoms with Crippen LogP contribution < -0.4 is 21.3 Å². The van der Waals surface area contributed by atoms with Gasteiger partial charge in [-0.25, -0.2) is 4.39 Å². The number of carbonyl (C=O) groups excluding carboxylic acids is 1. The number of nitrogens with one attached hydrogen (secondary N) is 4. The second kappa shape index (κ2) is 11.0. The molecular weight excluding hydrogens is 468 g/mol. The molecule has 0 atom stereocenters. The first-order valence-corrected chi connectivity index (χ1v) is 10.6. The highest BCUT2D eigenvalue weighted by Gasteiger charge is 2.34. The molecule has 0 aliphatic carbocycles. The van der Waals surface area contributed by atoms with Gasteiger partial charge >= 0.3 is 0 Å². The van der Waals surface area contributed by atoms with Crippen LogP contribution in [-0.4, -0.2) is 43.9 Å². The number of hydrogen-bond acceptors (Lipinski definition) is 6. The van der Waals surface area contributed by atoms with E-state index in [0.29, 0.717) is 47.4 Å². The summed E-state index contributed by atoms with van der Waals surface area (Å²) in [6.45, 7) is 3.17. The molecule has 7 nitrogen and oxygen atoms in total. The van der Waals surface area contributed by atoms with Crippen molar-refractivity contribution in [3.8, 4) is 0 Å². The third kappa shape index (κ3) is 5.14. The van der Waals surface area contributed by atoms with Crippen molar-refractivity contribution in [3.05, 3.63) is 65.1 Å². The van der Waals surface area contributed by atoms with Crippen LogP contribution in [0.1, 0.15) is 24.0 Å². The second-order valence-corrected chi connectivity index (χ2v) is 7.82. The van der Waals surface area contributed by atoms with Gasteiger partial charge in [0.15, 0.2) is 0 Å². The molecule has 33 heavy (non-hydrogen) atoms. The Morgan fingerprint density at radius 1 is 1.03 bits per heavy atom. The number of amides is 1. The zero-order chi connectivity index (χ0) is 21.2. The van der Waals surface area contributed by atoms with Crippen LogP contribution in [-0.2, 0) is 9.63 Å². The number of oxime groups is 1. The van der Waals surface area contributed by atoms with Gasteiger partial charge in [0.1, 0.15) is 18.1 Å². The van der Waals surface area contributed by atoms with Crippen molar-refractivity contribution >= 4 is 53.4 Å². The number of nitrogens with zero attached hydrogens (tertiary/aromatic N) is 1. The van der Waals surface area contributed by atoms with E-state index in [1.165, 1.54) is 12.1 Å². The van der Waals surface area contributed by atoms with Crippen LogP contribution in [0.2, 0.25) is 0 Å². The van der Waals surface area contributed by atoms with E-state index in [2.05, 4.69) is 26.4 Å². The fraction of sp³-hybridized carbons (Fsp3) is 0.304. The third-order valence-electron chi connectivity index (χ3n) is 5.78. The number of anilines is 2. The minimum atomic E-state index is -0.400. The van der Waals surface area contributed by atoms with Crippen molar-refractivity contribution < 1.29 is 14.0 Å². The van der Waals surface area contributed by atoms with Crippen LogP contribution in [0.5, 0.6) is 0 Å². The lowest BCUT2D eigenvalue weighted by molar-refractivity contribution is -0.110. The van der Waals surface area contributed by atoms with E-state index in [1.807, 2.05) is 24.3 Å². The van der Waals surface area contributed by atoms with Crippen molar-refractivity contribution in [2.75, 3.05) is 36.9 Å². The Labute approximate surface area is 204 Å². The van der Waals surface area contributed by atoms with E-state index in [-0.39, 0.29) is 30.7 Å². The van der Waals surface area contributed by atoms with Crippen LogP contribution in [0.15, 0.2) is 53.3 Å². The number of fused-ring (bicyclic) bond motifs is 2. The quantitative estimate of drug-likeness (QED) is 0.291. The van der Waals surface area contributed by atoms with Gasteiger partial charge in [0.05, 0.1) is 11.3 Å². The molecular formula is C23H26Cl2FN5O2. The van der Waals surface area contributed by atoms with E-state index in [4.69, 9.17) is 4.84 Å². The molecule has 10 heteroatoms. The predicted molar refractivity (Wildman–Crippen MR) is 133 cm³/mol. The fourth-order valence-electron chi connectivity index (χ4n) is 4.24. The van der Waals surface area contributed by atoms with Crippen molar-refractivity contribution in [3.63, 3.8) is 0 Å². The predicted octanol–water partition coefficient (Wildman–Crippen LogP) is 3.52. The molecule has 2 aromatic rings. The van der Waals surface area contributed by atoms with Gasteiger partial charge in [-0.15, -0.1) is 24.8 Å². The summed E-state index contributed by atoms with van der Waals surface area (Å²) in [6, 6.07) is 12.4. The molecule has 0 aromatic heterocycles. The van der Waals surface area contributed by atoms with Gasteiger partial charge in [0, 0.05) is 35.1 Å². The summed E-state index contributed by atoms with van der Waals surface area (Å²) in [4.78, 5) is 18.4. The molecule has 176 valence electrons. The zero-order valence-corrected chi connectivity index (χ0v) is 19.5. The normalized spacial score (nSPS) is 20.3. The highest BCUT2D eigenvalue weighted by Crippen LogP contribution is 2.39. The largest absolute Gasteiger partial charge is 0.394 e. The Morgan fingerprint density at radius 2 is 1.79 bits per heavy atom. The molecule has 3 aliphatic rings. The van der Waals surface area contributed by atoms with Gasteiger partial charge in [-0.3, -0.25) is 4.79 Å². The Balaban J connectivity index is 0.00000153. The van der Waals surface area contributed by atoms with Crippen LogP contribution in [0, 0.1) is 5.82 Å². The molecule has 3 aliphatic heterocycles. The molecule has 4 N–H and O–H groups in total. The molecule has 2 aromatic carbocycles. The minimum absolute atomic E-state index is 0. The highest BCUT2D eigenvalue weighted by molar-refractivity contribution is 6.39. The number of piperidine rings is 1. The Kier molecular flexibility index (Phi) is 8.31.